The third-order valence-corrected chi connectivity index (χ3v) is 10.9. The van der Waals surface area contributed by atoms with Gasteiger partial charge < -0.3 is 39.6 Å². The lowest BCUT2D eigenvalue weighted by atomic mass is 9.70. The largest absolute Gasteiger partial charge is 0.508 e. The molecule has 266 valence electrons. The van der Waals surface area contributed by atoms with E-state index in [-0.39, 0.29) is 30.1 Å². The lowest BCUT2D eigenvalue weighted by Crippen LogP contribution is -2.54. The highest BCUT2D eigenvalue weighted by Gasteiger charge is 2.50. The van der Waals surface area contributed by atoms with Gasteiger partial charge in [0.2, 0.25) is 0 Å². The van der Waals surface area contributed by atoms with Gasteiger partial charge in [-0.25, -0.2) is 0 Å². The van der Waals surface area contributed by atoms with E-state index < -0.39 is 11.7 Å². The number of fused-ring (bicyclic) bond motifs is 9. The average molecular weight is 692 g/mol. The molecule has 3 aliphatic heterocycles. The molecule has 0 bridgehead atoms. The number of benzene rings is 4. The summed E-state index contributed by atoms with van der Waals surface area (Å²) < 4.78 is 26.2. The summed E-state index contributed by atoms with van der Waals surface area (Å²) in [5.41, 5.74) is 7.51. The van der Waals surface area contributed by atoms with Crippen molar-refractivity contribution >= 4 is 6.08 Å². The number of rotatable bonds is 10. The van der Waals surface area contributed by atoms with Crippen molar-refractivity contribution in [1.82, 2.24) is 10.6 Å². The predicted molar refractivity (Wildman–Crippen MR) is 193 cm³/mol. The van der Waals surface area contributed by atoms with Gasteiger partial charge in [0.05, 0.1) is 32.3 Å². The molecular weight excluding hydrogens is 646 g/mol. The standard InChI is InChI=1S/C41H45N3O7/c1-42-21-41(49-22-43-2)19-33-32-16-26(15-23-4-10-34-24(14-23)12-13-44-34)31-18-27(46)6-8-29(31)37(32)39-30(9-7-28(20-45)50-39)38(33)51-40(41)25-5-11-35(47)36(17-25)48-3/h4-6,8,10-12,14,17-18,26,28,40,42-43,45-47H,7,9,13,15-16,19-22H2,1-3H3. The highest BCUT2D eigenvalue weighted by Crippen LogP contribution is 2.57. The number of phenols is 2. The van der Waals surface area contributed by atoms with Gasteiger partial charge in [-0.1, -0.05) is 24.3 Å². The topological polar surface area (TPSA) is 134 Å². The molecule has 0 aromatic heterocycles. The molecule has 5 N–H and O–H groups in total. The Balaban J connectivity index is 1.34. The second kappa shape index (κ2) is 13.5. The van der Waals surface area contributed by atoms with Crippen LogP contribution in [0.25, 0.3) is 17.2 Å². The van der Waals surface area contributed by atoms with Crippen LogP contribution in [0.2, 0.25) is 0 Å². The number of methoxy groups -OCH3 is 1. The molecule has 3 heterocycles. The van der Waals surface area contributed by atoms with Crippen LogP contribution in [0, 0.1) is 0 Å². The molecule has 10 nitrogen and oxygen atoms in total. The summed E-state index contributed by atoms with van der Waals surface area (Å²) in [5, 5.41) is 40.3. The minimum atomic E-state index is -0.845. The Morgan fingerprint density at radius 3 is 2.65 bits per heavy atom. The molecule has 4 unspecified atom stereocenters. The van der Waals surface area contributed by atoms with Gasteiger partial charge in [-0.3, -0.25) is 10.3 Å². The minimum absolute atomic E-state index is 0.0501. The van der Waals surface area contributed by atoms with Crippen molar-refractivity contribution in [2.45, 2.75) is 55.8 Å². The summed E-state index contributed by atoms with van der Waals surface area (Å²) in [5.74, 6) is 2.24. The molecule has 0 spiro atoms. The summed E-state index contributed by atoms with van der Waals surface area (Å²) in [7, 11) is 5.31. The van der Waals surface area contributed by atoms with E-state index in [1.807, 2.05) is 38.4 Å². The molecule has 10 heteroatoms. The van der Waals surface area contributed by atoms with Crippen LogP contribution in [0.15, 0.2) is 59.6 Å². The van der Waals surface area contributed by atoms with Crippen LogP contribution < -0.4 is 35.4 Å². The van der Waals surface area contributed by atoms with Gasteiger partial charge in [0, 0.05) is 29.7 Å². The molecule has 0 amide bonds. The maximum Gasteiger partial charge on any atom is 0.160 e. The molecule has 4 aromatic rings. The average Bonchev–Trinajstić information content (AvgIpc) is 3.62. The molecule has 0 saturated carbocycles. The maximum atomic E-state index is 10.8. The van der Waals surface area contributed by atoms with E-state index in [0.717, 1.165) is 62.2 Å². The molecule has 51 heavy (non-hydrogen) atoms. The lowest BCUT2D eigenvalue weighted by molar-refractivity contribution is -0.128. The number of aliphatic hydroxyl groups is 1. The van der Waals surface area contributed by atoms with Crippen LogP contribution in [0.5, 0.6) is 28.7 Å². The van der Waals surface area contributed by atoms with E-state index in [0.29, 0.717) is 51.3 Å². The Labute approximate surface area is 297 Å². The van der Waals surface area contributed by atoms with E-state index in [1.54, 1.807) is 12.1 Å². The van der Waals surface area contributed by atoms with Gasteiger partial charge in [-0.15, -0.1) is 0 Å². The number of phenolic OH excluding ortho intramolecular Hbond substituents is 2. The van der Waals surface area contributed by atoms with Crippen LogP contribution in [0.3, 0.4) is 0 Å². The van der Waals surface area contributed by atoms with Crippen molar-refractivity contribution in [3.63, 3.8) is 0 Å². The molecule has 4 aromatic carbocycles. The van der Waals surface area contributed by atoms with Crippen LogP contribution >= 0.6 is 0 Å². The summed E-state index contributed by atoms with van der Waals surface area (Å²) in [4.78, 5) is 4.58. The second-order valence-corrected chi connectivity index (χ2v) is 14.1. The maximum absolute atomic E-state index is 10.8. The first-order chi connectivity index (χ1) is 24.9. The van der Waals surface area contributed by atoms with Gasteiger partial charge in [0.25, 0.3) is 0 Å². The van der Waals surface area contributed by atoms with Crippen molar-refractivity contribution < 1.29 is 34.3 Å². The second-order valence-electron chi connectivity index (χ2n) is 14.1. The van der Waals surface area contributed by atoms with E-state index >= 15 is 0 Å². The normalized spacial score (nSPS) is 22.5. The highest BCUT2D eigenvalue weighted by molar-refractivity contribution is 5.85. The summed E-state index contributed by atoms with van der Waals surface area (Å²) in [6, 6.07) is 17.5. The smallest absolute Gasteiger partial charge is 0.160 e. The number of nitrogens with one attached hydrogen (secondary N) is 2. The van der Waals surface area contributed by atoms with Crippen molar-refractivity contribution in [3.8, 4) is 39.9 Å². The van der Waals surface area contributed by atoms with Gasteiger partial charge in [0.15, 0.2) is 17.6 Å². The van der Waals surface area contributed by atoms with Gasteiger partial charge in [-0.2, -0.15) is 0 Å². The fourth-order valence-electron chi connectivity index (χ4n) is 8.63. The summed E-state index contributed by atoms with van der Waals surface area (Å²) >= 11 is 0. The molecule has 4 atom stereocenters. The van der Waals surface area contributed by atoms with E-state index in [2.05, 4.69) is 39.9 Å². The van der Waals surface area contributed by atoms with Crippen molar-refractivity contribution in [2.75, 3.05) is 47.6 Å². The quantitative estimate of drug-likeness (QED) is 0.158. The highest BCUT2D eigenvalue weighted by atomic mass is 16.6. The predicted octanol–water partition coefficient (Wildman–Crippen LogP) is 3.58. The Kier molecular flexibility index (Phi) is 8.88. The third kappa shape index (κ3) is 5.80. The van der Waals surface area contributed by atoms with Crippen molar-refractivity contribution in [3.05, 3.63) is 98.6 Å². The molecular formula is C41H45N3O7. The van der Waals surface area contributed by atoms with Gasteiger partial charge >= 0.3 is 0 Å². The number of hydrogen-bond acceptors (Lipinski definition) is 10. The fraction of sp³-hybridized carbons (Fsp3) is 0.390. The zero-order chi connectivity index (χ0) is 35.3. The molecule has 0 radical (unpaired) electrons. The van der Waals surface area contributed by atoms with Crippen LogP contribution in [0.4, 0.5) is 0 Å². The molecule has 0 saturated heterocycles. The Morgan fingerprint density at radius 1 is 0.961 bits per heavy atom. The zero-order valence-corrected chi connectivity index (χ0v) is 29.3. The monoisotopic (exact) mass is 691 g/mol. The van der Waals surface area contributed by atoms with Crippen LogP contribution in [-0.2, 0) is 30.4 Å². The Morgan fingerprint density at radius 2 is 1.84 bits per heavy atom. The number of likely N-dealkylation sites (N-methyl/N-ethyl adjacent to an activating group) is 1. The van der Waals surface area contributed by atoms with Crippen molar-refractivity contribution in [1.29, 1.82) is 0 Å². The zero-order valence-electron chi connectivity index (χ0n) is 29.3. The first-order valence-corrected chi connectivity index (χ1v) is 17.8. The van der Waals surface area contributed by atoms with E-state index in [9.17, 15) is 15.3 Å². The number of hydrogen-bond donors (Lipinski definition) is 5. The minimum Gasteiger partial charge on any atom is -0.508 e. The molecule has 4 aliphatic rings. The first-order valence-electron chi connectivity index (χ1n) is 17.8. The number of aromatic hydroxyl groups is 2. The Bertz CT molecular complexity index is 2120. The lowest BCUT2D eigenvalue weighted by Gasteiger charge is -2.47. The fourth-order valence-corrected chi connectivity index (χ4v) is 8.63. The van der Waals surface area contributed by atoms with Gasteiger partial charge in [0.1, 0.15) is 29.0 Å². The molecule has 1 aliphatic carbocycles. The summed E-state index contributed by atoms with van der Waals surface area (Å²) in [6.07, 6.45) is 4.61. The Hall–Kier alpha value is -4.61. The van der Waals surface area contributed by atoms with Crippen molar-refractivity contribution in [2.24, 2.45) is 4.99 Å². The first kappa shape index (κ1) is 33.5. The number of aliphatic hydroxyl groups excluding tert-OH is 1. The van der Waals surface area contributed by atoms with E-state index in [4.69, 9.17) is 18.9 Å². The van der Waals surface area contributed by atoms with E-state index in [1.165, 1.54) is 17.9 Å². The van der Waals surface area contributed by atoms with Crippen LogP contribution in [-0.4, -0.2) is 74.7 Å². The summed E-state index contributed by atoms with van der Waals surface area (Å²) in [6.45, 7) is 1.41. The molecule has 8 rings (SSSR count). The number of ether oxygens (including phenoxy) is 4. The van der Waals surface area contributed by atoms with Gasteiger partial charge in [-0.05, 0) is 115 Å². The third-order valence-electron chi connectivity index (χ3n) is 10.9. The van der Waals surface area contributed by atoms with Crippen LogP contribution in [0.1, 0.15) is 51.8 Å². The number of nitrogens with zero attached hydrogens (tertiary/aromatic N) is 1. The SMILES string of the molecule is CNCOC1(CNC)Cc2c3c(c4c(c2OC1c1ccc(O)c(OC)c1)CCC(CO)O4)-c1ccc(O)cc1C(Cc1ccc2c(c1)=CCN=2)C3. The molecule has 0 fully saturated rings.